The van der Waals surface area contributed by atoms with Crippen molar-refractivity contribution in [3.8, 4) is 0 Å². The lowest BCUT2D eigenvalue weighted by Gasteiger charge is -2.26. The molecular formula is C8H17N. The van der Waals surface area contributed by atoms with Crippen molar-refractivity contribution in [3.63, 3.8) is 0 Å². The molecule has 54 valence electrons. The van der Waals surface area contributed by atoms with Crippen molar-refractivity contribution < 1.29 is 0 Å². The largest absolute Gasteiger partial charge is 0.314 e. The van der Waals surface area contributed by atoms with Crippen molar-refractivity contribution >= 4 is 0 Å². The minimum atomic E-state index is 0.821. The van der Waals surface area contributed by atoms with Gasteiger partial charge in [0.25, 0.3) is 0 Å². The first-order chi connectivity index (χ1) is 4.33. The third-order valence-electron chi connectivity index (χ3n) is 2.26. The highest BCUT2D eigenvalue weighted by molar-refractivity contribution is 4.73. The molecule has 1 aliphatic rings. The highest BCUT2D eigenvalue weighted by atomic mass is 14.9. The van der Waals surface area contributed by atoms with Crippen molar-refractivity contribution in [2.24, 2.45) is 5.92 Å². The summed E-state index contributed by atoms with van der Waals surface area (Å²) in [4.78, 5) is 0. The van der Waals surface area contributed by atoms with Crippen molar-refractivity contribution in [1.29, 1.82) is 0 Å². The standard InChI is InChI=1S/C8H17N/c1-3-8-5-4-7(2)6-9-8/h7-9H,3-6H2,1-2H3. The van der Waals surface area contributed by atoms with E-state index in [0.717, 1.165) is 12.0 Å². The molecule has 0 amide bonds. The van der Waals surface area contributed by atoms with Crippen LogP contribution in [0.4, 0.5) is 0 Å². The van der Waals surface area contributed by atoms with Gasteiger partial charge in [-0.1, -0.05) is 13.8 Å². The summed E-state index contributed by atoms with van der Waals surface area (Å²) in [5, 5.41) is 3.52. The summed E-state index contributed by atoms with van der Waals surface area (Å²) in [6.45, 7) is 5.81. The summed E-state index contributed by atoms with van der Waals surface area (Å²) in [5.41, 5.74) is 0. The molecule has 2 atom stereocenters. The Labute approximate surface area is 57.8 Å². The molecule has 0 aliphatic carbocycles. The van der Waals surface area contributed by atoms with Gasteiger partial charge in [-0.3, -0.25) is 0 Å². The van der Waals surface area contributed by atoms with E-state index < -0.39 is 0 Å². The van der Waals surface area contributed by atoms with Crippen LogP contribution < -0.4 is 5.32 Å². The maximum atomic E-state index is 3.52. The fraction of sp³-hybridized carbons (Fsp3) is 1.00. The van der Waals surface area contributed by atoms with Crippen LogP contribution in [0.5, 0.6) is 0 Å². The summed E-state index contributed by atoms with van der Waals surface area (Å²) in [6.07, 6.45) is 4.11. The molecule has 0 radical (unpaired) electrons. The molecule has 0 bridgehead atoms. The number of piperidine rings is 1. The van der Waals surface area contributed by atoms with E-state index >= 15 is 0 Å². The van der Waals surface area contributed by atoms with Gasteiger partial charge in [0.2, 0.25) is 0 Å². The van der Waals surface area contributed by atoms with Crippen LogP contribution in [-0.4, -0.2) is 12.6 Å². The molecule has 0 aromatic carbocycles. The maximum absolute atomic E-state index is 3.52. The number of rotatable bonds is 1. The van der Waals surface area contributed by atoms with Crippen LogP contribution in [0, 0.1) is 5.92 Å². The van der Waals surface area contributed by atoms with Crippen LogP contribution in [0.1, 0.15) is 33.1 Å². The summed E-state index contributed by atoms with van der Waals surface area (Å²) < 4.78 is 0. The second-order valence-corrected chi connectivity index (χ2v) is 3.20. The van der Waals surface area contributed by atoms with Crippen molar-refractivity contribution in [1.82, 2.24) is 5.32 Å². The van der Waals surface area contributed by atoms with Gasteiger partial charge in [0.1, 0.15) is 0 Å². The fourth-order valence-electron chi connectivity index (χ4n) is 1.41. The SMILES string of the molecule is CCC1CCC(C)CN1. The Balaban J connectivity index is 2.18. The lowest BCUT2D eigenvalue weighted by molar-refractivity contribution is 0.322. The molecule has 0 aromatic rings. The molecule has 1 saturated heterocycles. The molecule has 0 spiro atoms. The Bertz CT molecular complexity index is 72.6. The van der Waals surface area contributed by atoms with Gasteiger partial charge in [-0.2, -0.15) is 0 Å². The van der Waals surface area contributed by atoms with Crippen LogP contribution in [0.2, 0.25) is 0 Å². The van der Waals surface area contributed by atoms with Crippen molar-refractivity contribution in [2.45, 2.75) is 39.2 Å². The molecule has 1 rings (SSSR count). The highest BCUT2D eigenvalue weighted by Crippen LogP contribution is 2.14. The van der Waals surface area contributed by atoms with E-state index in [9.17, 15) is 0 Å². The van der Waals surface area contributed by atoms with Gasteiger partial charge in [0.15, 0.2) is 0 Å². The summed E-state index contributed by atoms with van der Waals surface area (Å²) in [6, 6.07) is 0.821. The normalized spacial score (nSPS) is 36.7. The minimum absolute atomic E-state index is 0.821. The minimum Gasteiger partial charge on any atom is -0.314 e. The first-order valence-electron chi connectivity index (χ1n) is 4.06. The second-order valence-electron chi connectivity index (χ2n) is 3.20. The van der Waals surface area contributed by atoms with Gasteiger partial charge in [-0.25, -0.2) is 0 Å². The van der Waals surface area contributed by atoms with E-state index in [2.05, 4.69) is 19.2 Å². The molecule has 1 N–H and O–H groups in total. The highest BCUT2D eigenvalue weighted by Gasteiger charge is 2.14. The third-order valence-corrected chi connectivity index (χ3v) is 2.26. The van der Waals surface area contributed by atoms with Crippen molar-refractivity contribution in [3.05, 3.63) is 0 Å². The molecule has 1 heterocycles. The van der Waals surface area contributed by atoms with E-state index in [1.807, 2.05) is 0 Å². The van der Waals surface area contributed by atoms with Crippen LogP contribution >= 0.6 is 0 Å². The average molecular weight is 127 g/mol. The summed E-state index contributed by atoms with van der Waals surface area (Å²) >= 11 is 0. The topological polar surface area (TPSA) is 12.0 Å². The number of hydrogen-bond donors (Lipinski definition) is 1. The average Bonchev–Trinajstić information content (AvgIpc) is 1.90. The molecule has 1 heteroatoms. The first-order valence-corrected chi connectivity index (χ1v) is 4.06. The van der Waals surface area contributed by atoms with Crippen molar-refractivity contribution in [2.75, 3.05) is 6.54 Å². The van der Waals surface area contributed by atoms with Gasteiger partial charge < -0.3 is 5.32 Å². The van der Waals surface area contributed by atoms with Gasteiger partial charge in [0.05, 0.1) is 0 Å². The molecule has 0 saturated carbocycles. The lowest BCUT2D eigenvalue weighted by atomic mass is 9.95. The zero-order chi connectivity index (χ0) is 6.69. The Hall–Kier alpha value is -0.0400. The molecule has 1 aliphatic heterocycles. The molecule has 1 fully saturated rings. The van der Waals surface area contributed by atoms with E-state index in [1.54, 1.807) is 0 Å². The van der Waals surface area contributed by atoms with Crippen LogP contribution in [0.3, 0.4) is 0 Å². The molecule has 2 unspecified atom stereocenters. The smallest absolute Gasteiger partial charge is 0.00646 e. The van der Waals surface area contributed by atoms with Gasteiger partial charge >= 0.3 is 0 Å². The number of nitrogens with one attached hydrogen (secondary N) is 1. The van der Waals surface area contributed by atoms with E-state index in [1.165, 1.54) is 25.8 Å². The van der Waals surface area contributed by atoms with Crippen LogP contribution in [-0.2, 0) is 0 Å². The Morgan fingerprint density at radius 1 is 1.44 bits per heavy atom. The number of hydrogen-bond acceptors (Lipinski definition) is 1. The third kappa shape index (κ3) is 1.98. The Kier molecular flexibility index (Phi) is 2.52. The summed E-state index contributed by atoms with van der Waals surface area (Å²) in [5.74, 6) is 0.910. The second kappa shape index (κ2) is 3.21. The quantitative estimate of drug-likeness (QED) is 0.566. The maximum Gasteiger partial charge on any atom is 0.00646 e. The van der Waals surface area contributed by atoms with Gasteiger partial charge in [-0.15, -0.1) is 0 Å². The van der Waals surface area contributed by atoms with Crippen LogP contribution in [0.25, 0.3) is 0 Å². The van der Waals surface area contributed by atoms with Gasteiger partial charge in [0, 0.05) is 6.04 Å². The predicted octanol–water partition coefficient (Wildman–Crippen LogP) is 1.78. The predicted molar refractivity (Wildman–Crippen MR) is 40.5 cm³/mol. The molecule has 9 heavy (non-hydrogen) atoms. The molecular weight excluding hydrogens is 110 g/mol. The van der Waals surface area contributed by atoms with Crippen LogP contribution in [0.15, 0.2) is 0 Å². The zero-order valence-corrected chi connectivity index (χ0v) is 6.48. The lowest BCUT2D eigenvalue weighted by Crippen LogP contribution is -2.37. The Morgan fingerprint density at radius 2 is 2.22 bits per heavy atom. The van der Waals surface area contributed by atoms with E-state index in [0.29, 0.717) is 0 Å². The monoisotopic (exact) mass is 127 g/mol. The molecule has 0 aromatic heterocycles. The van der Waals surface area contributed by atoms with E-state index in [4.69, 9.17) is 0 Å². The molecule has 1 nitrogen and oxygen atoms in total. The Morgan fingerprint density at radius 3 is 2.67 bits per heavy atom. The van der Waals surface area contributed by atoms with E-state index in [-0.39, 0.29) is 0 Å². The first kappa shape index (κ1) is 7.07. The van der Waals surface area contributed by atoms with Gasteiger partial charge in [-0.05, 0) is 31.7 Å². The summed E-state index contributed by atoms with van der Waals surface area (Å²) in [7, 11) is 0. The fourth-order valence-corrected chi connectivity index (χ4v) is 1.41. The zero-order valence-electron chi connectivity index (χ0n) is 6.48.